The first-order chi connectivity index (χ1) is 15.8. The smallest absolute Gasteiger partial charge is 0.403 e. The van der Waals surface area contributed by atoms with Crippen LogP contribution in [0.1, 0.15) is 29.8 Å². The molecule has 3 heterocycles. The van der Waals surface area contributed by atoms with Crippen molar-refractivity contribution < 1.29 is 44.0 Å². The molecule has 2 aromatic rings. The topological polar surface area (TPSA) is 152 Å². The Labute approximate surface area is 193 Å². The van der Waals surface area contributed by atoms with E-state index in [4.69, 9.17) is 31.9 Å². The molecule has 14 heteroatoms. The van der Waals surface area contributed by atoms with Crippen molar-refractivity contribution in [1.82, 2.24) is 9.55 Å². The molecule has 0 bridgehead atoms. The third kappa shape index (κ3) is 4.43. The number of H-pyrrole nitrogens is 1. The summed E-state index contributed by atoms with van der Waals surface area (Å²) in [6, 6.07) is 3.56. The summed E-state index contributed by atoms with van der Waals surface area (Å²) in [5.74, 6) is -3.00. The summed E-state index contributed by atoms with van der Waals surface area (Å²) in [5, 5.41) is 30.1. The summed E-state index contributed by atoms with van der Waals surface area (Å²) in [6.45, 7) is 1.45. The number of aromatic amines is 1. The third-order valence-electron chi connectivity index (χ3n) is 5.19. The van der Waals surface area contributed by atoms with Crippen LogP contribution < -0.4 is 10.1 Å². The average molecular weight is 505 g/mol. The second-order valence-electron chi connectivity index (χ2n) is 7.71. The van der Waals surface area contributed by atoms with Gasteiger partial charge in [-0.15, -0.1) is 0 Å². The quantitative estimate of drug-likeness (QED) is 0.349. The molecule has 4 rings (SSSR count). The molecule has 1 aromatic heterocycles. The number of phosphoric ester groups is 1. The molecule has 5 atom stereocenters. The first-order valence-electron chi connectivity index (χ1n) is 10.2. The van der Waals surface area contributed by atoms with Crippen LogP contribution in [-0.4, -0.2) is 49.5 Å². The van der Waals surface area contributed by atoms with Gasteiger partial charge in [0.05, 0.1) is 20.1 Å². The van der Waals surface area contributed by atoms with Crippen LogP contribution >= 0.6 is 20.0 Å². The Kier molecular flexibility index (Phi) is 6.00. The van der Waals surface area contributed by atoms with Gasteiger partial charge in [-0.05, 0) is 31.6 Å². The minimum Gasteiger partial charge on any atom is -0.403 e. The van der Waals surface area contributed by atoms with E-state index < -0.39 is 55.6 Å². The number of benzene rings is 1. The zero-order valence-corrected chi connectivity index (χ0v) is 19.2. The van der Waals surface area contributed by atoms with Crippen molar-refractivity contribution >= 4 is 20.0 Å². The molecular formula is C19H22FN2O9PS. The van der Waals surface area contributed by atoms with E-state index in [-0.39, 0.29) is 17.9 Å². The SMILES string of the molecule is [2H][C@@]1(n2cc(CO)c(=O)[nH]c2=S)O[C@](F)(COP2(=O)OCc3cc(C)cc(C)c3O2)[C@@H](O)[C@H]1O. The number of rotatable bonds is 5. The Hall–Kier alpha value is -1.96. The van der Waals surface area contributed by atoms with Gasteiger partial charge in [-0.1, -0.05) is 17.7 Å². The summed E-state index contributed by atoms with van der Waals surface area (Å²) >= 11 is 4.96. The number of aliphatic hydroxyl groups is 3. The minimum atomic E-state index is -4.35. The van der Waals surface area contributed by atoms with Crippen molar-refractivity contribution in [3.8, 4) is 5.75 Å². The van der Waals surface area contributed by atoms with E-state index in [1.54, 1.807) is 19.1 Å². The number of hydrogen-bond acceptors (Lipinski definition) is 10. The normalized spacial score (nSPS) is 33.9. The van der Waals surface area contributed by atoms with Crippen molar-refractivity contribution in [1.29, 1.82) is 0 Å². The minimum absolute atomic E-state index is 0.140. The van der Waals surface area contributed by atoms with Crippen molar-refractivity contribution in [2.24, 2.45) is 0 Å². The summed E-state index contributed by atoms with van der Waals surface area (Å²) in [6.07, 6.45) is -6.46. The van der Waals surface area contributed by atoms with Gasteiger partial charge < -0.3 is 24.6 Å². The third-order valence-corrected chi connectivity index (χ3v) is 6.78. The maximum atomic E-state index is 15.6. The van der Waals surface area contributed by atoms with E-state index in [0.717, 1.165) is 11.8 Å². The Morgan fingerprint density at radius 2 is 2.18 bits per heavy atom. The molecule has 2 aliphatic heterocycles. The van der Waals surface area contributed by atoms with Gasteiger partial charge in [0.15, 0.2) is 11.0 Å². The summed E-state index contributed by atoms with van der Waals surface area (Å²) in [4.78, 5) is 14.0. The highest BCUT2D eigenvalue weighted by atomic mass is 32.1. The number of aromatic nitrogens is 2. The molecule has 180 valence electrons. The van der Waals surface area contributed by atoms with Crippen LogP contribution in [-0.2, 0) is 31.6 Å². The van der Waals surface area contributed by atoms with Gasteiger partial charge in [0, 0.05) is 11.8 Å². The molecule has 0 radical (unpaired) electrons. The highest BCUT2D eigenvalue weighted by Gasteiger charge is 2.57. The number of hydrogen-bond donors (Lipinski definition) is 4. The van der Waals surface area contributed by atoms with Gasteiger partial charge in [0.1, 0.15) is 24.6 Å². The van der Waals surface area contributed by atoms with Gasteiger partial charge in [-0.3, -0.25) is 23.4 Å². The van der Waals surface area contributed by atoms with E-state index in [1.165, 1.54) is 0 Å². The fraction of sp³-hybridized carbons (Fsp3) is 0.474. The summed E-state index contributed by atoms with van der Waals surface area (Å²) in [7, 11) is -4.35. The zero-order chi connectivity index (χ0) is 25.1. The number of nitrogens with zero attached hydrogens (tertiary/aromatic N) is 1. The van der Waals surface area contributed by atoms with Gasteiger partial charge in [-0.25, -0.2) is 8.96 Å². The highest BCUT2D eigenvalue weighted by Crippen LogP contribution is 2.56. The van der Waals surface area contributed by atoms with E-state index >= 15 is 4.39 Å². The van der Waals surface area contributed by atoms with E-state index in [0.29, 0.717) is 15.7 Å². The molecule has 4 N–H and O–H groups in total. The van der Waals surface area contributed by atoms with Crippen LogP contribution in [0.3, 0.4) is 0 Å². The Bertz CT molecular complexity index is 1310. The lowest BCUT2D eigenvalue weighted by Crippen LogP contribution is -2.43. The predicted molar refractivity (Wildman–Crippen MR) is 113 cm³/mol. The second-order valence-corrected chi connectivity index (χ2v) is 9.69. The number of halogens is 1. The van der Waals surface area contributed by atoms with E-state index in [2.05, 4.69) is 4.98 Å². The van der Waals surface area contributed by atoms with Gasteiger partial charge in [0.2, 0.25) is 0 Å². The monoisotopic (exact) mass is 505 g/mol. The van der Waals surface area contributed by atoms with E-state index in [9.17, 15) is 24.7 Å². The number of fused-ring (bicyclic) bond motifs is 1. The lowest BCUT2D eigenvalue weighted by atomic mass is 10.1. The fourth-order valence-electron chi connectivity index (χ4n) is 3.56. The Balaban J connectivity index is 1.58. The molecule has 0 amide bonds. The molecule has 2 aliphatic rings. The van der Waals surface area contributed by atoms with Crippen molar-refractivity contribution in [3.05, 3.63) is 55.7 Å². The number of aryl methyl sites for hydroxylation is 2. The van der Waals surface area contributed by atoms with Crippen LogP contribution in [0, 0.1) is 18.6 Å². The van der Waals surface area contributed by atoms with Crippen molar-refractivity contribution in [2.75, 3.05) is 6.61 Å². The summed E-state index contributed by atoms with van der Waals surface area (Å²) in [5.41, 5.74) is 1.19. The van der Waals surface area contributed by atoms with Crippen LogP contribution in [0.2, 0.25) is 0 Å². The highest BCUT2D eigenvalue weighted by molar-refractivity contribution is 7.71. The average Bonchev–Trinajstić information content (AvgIpc) is 2.94. The Morgan fingerprint density at radius 1 is 1.45 bits per heavy atom. The molecule has 1 unspecified atom stereocenters. The molecule has 33 heavy (non-hydrogen) atoms. The maximum Gasteiger partial charge on any atom is 0.530 e. The van der Waals surface area contributed by atoms with Crippen LogP contribution in [0.5, 0.6) is 5.75 Å². The molecule has 11 nitrogen and oxygen atoms in total. The lowest BCUT2D eigenvalue weighted by Gasteiger charge is -2.29. The first-order valence-corrected chi connectivity index (χ1v) is 11.6. The molecule has 0 spiro atoms. The molecule has 0 aliphatic carbocycles. The number of alkyl halides is 1. The molecular weight excluding hydrogens is 482 g/mol. The zero-order valence-electron chi connectivity index (χ0n) is 18.5. The van der Waals surface area contributed by atoms with Crippen molar-refractivity contribution in [3.63, 3.8) is 0 Å². The lowest BCUT2D eigenvalue weighted by molar-refractivity contribution is -0.205. The molecule has 1 aromatic carbocycles. The number of phosphoric acid groups is 1. The Morgan fingerprint density at radius 3 is 2.88 bits per heavy atom. The first kappa shape index (κ1) is 22.8. The molecule has 0 saturated carbocycles. The second kappa shape index (κ2) is 8.67. The predicted octanol–water partition coefficient (Wildman–Crippen LogP) is 1.67. The van der Waals surface area contributed by atoms with E-state index in [1.807, 2.05) is 6.92 Å². The molecule has 1 saturated heterocycles. The largest absolute Gasteiger partial charge is 0.530 e. The maximum absolute atomic E-state index is 15.6. The van der Waals surface area contributed by atoms with Gasteiger partial charge in [0.25, 0.3) is 11.4 Å². The van der Waals surface area contributed by atoms with Crippen LogP contribution in [0.25, 0.3) is 0 Å². The van der Waals surface area contributed by atoms with Gasteiger partial charge in [-0.2, -0.15) is 0 Å². The van der Waals surface area contributed by atoms with Crippen LogP contribution in [0.4, 0.5) is 4.39 Å². The number of nitrogens with one attached hydrogen (secondary N) is 1. The summed E-state index contributed by atoms with van der Waals surface area (Å²) < 4.78 is 57.9. The number of ether oxygens (including phenoxy) is 1. The number of aliphatic hydroxyl groups excluding tert-OH is 3. The fourth-order valence-corrected chi connectivity index (χ4v) is 5.09. The van der Waals surface area contributed by atoms with Crippen LogP contribution in [0.15, 0.2) is 23.1 Å². The molecule has 1 fully saturated rings. The van der Waals surface area contributed by atoms with Gasteiger partial charge >= 0.3 is 7.82 Å². The van der Waals surface area contributed by atoms with Crippen molar-refractivity contribution in [2.45, 2.75) is 51.3 Å². The standard InChI is InChI=1S/C19H22FN2O9PS/c1-9-3-10(2)14-11(4-9)7-28-32(27,31-14)29-8-19(20)15(25)13(24)17(30-19)22-5-12(6-23)16(26)21-18(22)33/h3-5,13,15,17,23-25H,6-8H2,1-2H3,(H,21,26,33)/t13-,15+,17-,19-,32?/m1/s1/i17D.